The van der Waals surface area contributed by atoms with Crippen LogP contribution < -0.4 is 0 Å². The second-order valence-corrected chi connectivity index (χ2v) is 3.19. The summed E-state index contributed by atoms with van der Waals surface area (Å²) in [6, 6.07) is 5.40. The van der Waals surface area contributed by atoms with E-state index in [9.17, 15) is 13.2 Å². The number of halogens is 3. The maximum absolute atomic E-state index is 12.6. The Balaban J connectivity index is 2.85. The number of nitriles is 1. The SMILES string of the molecule is N#Cc1c(C(F)(F)F)ccc2ccncc12. The Kier molecular flexibility index (Phi) is 2.27. The summed E-state index contributed by atoms with van der Waals surface area (Å²) < 4.78 is 37.8. The third-order valence-corrected chi connectivity index (χ3v) is 2.24. The van der Waals surface area contributed by atoms with Gasteiger partial charge < -0.3 is 0 Å². The van der Waals surface area contributed by atoms with E-state index in [1.807, 2.05) is 0 Å². The second kappa shape index (κ2) is 3.49. The summed E-state index contributed by atoms with van der Waals surface area (Å²) in [7, 11) is 0. The normalized spacial score (nSPS) is 11.4. The molecule has 0 bridgehead atoms. The van der Waals surface area contributed by atoms with Crippen LogP contribution in [-0.2, 0) is 6.18 Å². The van der Waals surface area contributed by atoms with E-state index < -0.39 is 11.7 Å². The molecular weight excluding hydrogens is 217 g/mol. The van der Waals surface area contributed by atoms with Crippen molar-refractivity contribution in [3.63, 3.8) is 0 Å². The molecule has 0 saturated carbocycles. The maximum Gasteiger partial charge on any atom is 0.417 e. The van der Waals surface area contributed by atoms with Gasteiger partial charge in [-0.2, -0.15) is 18.4 Å². The molecule has 5 heteroatoms. The molecular formula is C11H5F3N2. The van der Waals surface area contributed by atoms with E-state index in [4.69, 9.17) is 5.26 Å². The number of hydrogen-bond donors (Lipinski definition) is 0. The summed E-state index contributed by atoms with van der Waals surface area (Å²) in [6.45, 7) is 0. The average Bonchev–Trinajstić information content (AvgIpc) is 2.26. The van der Waals surface area contributed by atoms with E-state index in [-0.39, 0.29) is 10.9 Å². The van der Waals surface area contributed by atoms with Gasteiger partial charge in [0.25, 0.3) is 0 Å². The third kappa shape index (κ3) is 1.58. The molecule has 0 amide bonds. The summed E-state index contributed by atoms with van der Waals surface area (Å²) >= 11 is 0. The van der Waals surface area contributed by atoms with Crippen LogP contribution in [0.15, 0.2) is 30.6 Å². The quantitative estimate of drug-likeness (QED) is 0.686. The fourth-order valence-electron chi connectivity index (χ4n) is 1.52. The van der Waals surface area contributed by atoms with Gasteiger partial charge in [0, 0.05) is 17.8 Å². The lowest BCUT2D eigenvalue weighted by molar-refractivity contribution is -0.137. The lowest BCUT2D eigenvalue weighted by atomic mass is 10.0. The first-order chi connectivity index (χ1) is 7.54. The van der Waals surface area contributed by atoms with Crippen LogP contribution in [0.1, 0.15) is 11.1 Å². The van der Waals surface area contributed by atoms with Crippen molar-refractivity contribution in [2.75, 3.05) is 0 Å². The lowest BCUT2D eigenvalue weighted by Crippen LogP contribution is -2.08. The topological polar surface area (TPSA) is 36.7 Å². The number of alkyl halides is 3. The molecule has 1 aromatic heterocycles. The van der Waals surface area contributed by atoms with Gasteiger partial charge in [0.05, 0.1) is 11.1 Å². The standard InChI is InChI=1S/C11H5F3N2/c12-11(13,14)10-2-1-7-3-4-16-6-9(7)8(10)5-15/h1-4,6H. The Morgan fingerprint density at radius 1 is 1.19 bits per heavy atom. The highest BCUT2D eigenvalue weighted by atomic mass is 19.4. The molecule has 2 aromatic rings. The van der Waals surface area contributed by atoms with Gasteiger partial charge in [0.1, 0.15) is 6.07 Å². The van der Waals surface area contributed by atoms with E-state index in [0.717, 1.165) is 6.07 Å². The predicted octanol–water partition coefficient (Wildman–Crippen LogP) is 3.13. The van der Waals surface area contributed by atoms with Crippen LogP contribution >= 0.6 is 0 Å². The number of fused-ring (bicyclic) bond motifs is 1. The molecule has 0 aliphatic rings. The zero-order valence-electron chi connectivity index (χ0n) is 7.92. The first-order valence-electron chi connectivity index (χ1n) is 4.38. The van der Waals surface area contributed by atoms with Crippen LogP contribution in [0.5, 0.6) is 0 Å². The van der Waals surface area contributed by atoms with Crippen LogP contribution in [0.25, 0.3) is 10.8 Å². The summed E-state index contributed by atoms with van der Waals surface area (Å²) in [6.07, 6.45) is -1.78. The monoisotopic (exact) mass is 222 g/mol. The van der Waals surface area contributed by atoms with Crippen molar-refractivity contribution in [3.8, 4) is 6.07 Å². The minimum atomic E-state index is -4.52. The zero-order chi connectivity index (χ0) is 11.8. The number of aromatic nitrogens is 1. The fraction of sp³-hybridized carbons (Fsp3) is 0.0909. The van der Waals surface area contributed by atoms with Crippen molar-refractivity contribution in [3.05, 3.63) is 41.7 Å². The predicted molar refractivity (Wildman–Crippen MR) is 51.5 cm³/mol. The molecule has 0 atom stereocenters. The van der Waals surface area contributed by atoms with E-state index >= 15 is 0 Å². The van der Waals surface area contributed by atoms with Crippen molar-refractivity contribution < 1.29 is 13.2 Å². The van der Waals surface area contributed by atoms with Gasteiger partial charge in [-0.15, -0.1) is 0 Å². The molecule has 0 spiro atoms. The van der Waals surface area contributed by atoms with E-state index in [1.54, 1.807) is 12.1 Å². The highest BCUT2D eigenvalue weighted by Gasteiger charge is 2.34. The number of benzene rings is 1. The first-order valence-corrected chi connectivity index (χ1v) is 4.38. The molecule has 0 aliphatic carbocycles. The molecule has 0 unspecified atom stereocenters. The van der Waals surface area contributed by atoms with Gasteiger partial charge in [-0.25, -0.2) is 0 Å². The smallest absolute Gasteiger partial charge is 0.264 e. The van der Waals surface area contributed by atoms with E-state index in [1.165, 1.54) is 18.5 Å². The Morgan fingerprint density at radius 3 is 2.56 bits per heavy atom. The molecule has 0 fully saturated rings. The van der Waals surface area contributed by atoms with Crippen molar-refractivity contribution in [2.24, 2.45) is 0 Å². The largest absolute Gasteiger partial charge is 0.417 e. The highest BCUT2D eigenvalue weighted by Crippen LogP contribution is 2.34. The van der Waals surface area contributed by atoms with E-state index in [2.05, 4.69) is 4.98 Å². The fourth-order valence-corrected chi connectivity index (χ4v) is 1.52. The van der Waals surface area contributed by atoms with Crippen LogP contribution in [0.4, 0.5) is 13.2 Å². The molecule has 1 aromatic carbocycles. The number of pyridine rings is 1. The third-order valence-electron chi connectivity index (χ3n) is 2.24. The number of nitrogens with zero attached hydrogens (tertiary/aromatic N) is 2. The van der Waals surface area contributed by atoms with Gasteiger partial charge in [-0.3, -0.25) is 4.98 Å². The molecule has 0 radical (unpaired) electrons. The highest BCUT2D eigenvalue weighted by molar-refractivity contribution is 5.88. The summed E-state index contributed by atoms with van der Waals surface area (Å²) in [4.78, 5) is 3.73. The first kappa shape index (κ1) is 10.4. The zero-order valence-corrected chi connectivity index (χ0v) is 7.92. The van der Waals surface area contributed by atoms with Crippen LogP contribution in [0.2, 0.25) is 0 Å². The molecule has 0 aliphatic heterocycles. The second-order valence-electron chi connectivity index (χ2n) is 3.19. The van der Waals surface area contributed by atoms with Gasteiger partial charge >= 0.3 is 6.18 Å². The molecule has 2 rings (SSSR count). The summed E-state index contributed by atoms with van der Waals surface area (Å²) in [5.74, 6) is 0. The van der Waals surface area contributed by atoms with Gasteiger partial charge in [0.15, 0.2) is 0 Å². The summed E-state index contributed by atoms with van der Waals surface area (Å²) in [5, 5.41) is 9.59. The molecule has 0 N–H and O–H groups in total. The van der Waals surface area contributed by atoms with Crippen LogP contribution in [-0.4, -0.2) is 4.98 Å². The molecule has 80 valence electrons. The Hall–Kier alpha value is -2.09. The van der Waals surface area contributed by atoms with Crippen molar-refractivity contribution in [1.82, 2.24) is 4.98 Å². The number of rotatable bonds is 0. The number of hydrogen-bond acceptors (Lipinski definition) is 2. The average molecular weight is 222 g/mol. The lowest BCUT2D eigenvalue weighted by Gasteiger charge is -2.10. The van der Waals surface area contributed by atoms with Crippen molar-refractivity contribution >= 4 is 10.8 Å². The van der Waals surface area contributed by atoms with Gasteiger partial charge in [0.2, 0.25) is 0 Å². The Morgan fingerprint density at radius 2 is 1.94 bits per heavy atom. The molecule has 1 heterocycles. The van der Waals surface area contributed by atoms with Gasteiger partial charge in [-0.1, -0.05) is 6.07 Å². The molecule has 0 saturated heterocycles. The maximum atomic E-state index is 12.6. The van der Waals surface area contributed by atoms with Gasteiger partial charge in [-0.05, 0) is 17.5 Å². The van der Waals surface area contributed by atoms with Crippen LogP contribution in [0, 0.1) is 11.3 Å². The van der Waals surface area contributed by atoms with Crippen molar-refractivity contribution in [1.29, 1.82) is 5.26 Å². The van der Waals surface area contributed by atoms with E-state index in [0.29, 0.717) is 5.39 Å². The summed E-state index contributed by atoms with van der Waals surface area (Å²) in [5.41, 5.74) is -1.30. The minimum absolute atomic E-state index is 0.222. The molecule has 16 heavy (non-hydrogen) atoms. The Bertz CT molecular complexity index is 582. The van der Waals surface area contributed by atoms with Crippen LogP contribution in [0.3, 0.4) is 0 Å². The van der Waals surface area contributed by atoms with Crippen molar-refractivity contribution in [2.45, 2.75) is 6.18 Å². The molecule has 2 nitrogen and oxygen atoms in total. The minimum Gasteiger partial charge on any atom is -0.264 e. The Labute approximate surface area is 89.0 Å².